The molecular formula is C15H24N2O. The largest absolute Gasteiger partial charge is 0.326 e. The van der Waals surface area contributed by atoms with E-state index in [0.717, 1.165) is 18.5 Å². The molecule has 0 bridgehead atoms. The quantitative estimate of drug-likeness (QED) is 0.812. The Kier molecular flexibility index (Phi) is 5.86. The molecule has 0 aliphatic carbocycles. The molecule has 0 spiro atoms. The Hall–Kier alpha value is -1.35. The number of hydrogen-bond donors (Lipinski definition) is 2. The average molecular weight is 248 g/mol. The summed E-state index contributed by atoms with van der Waals surface area (Å²) in [6.07, 6.45) is 2.37. The van der Waals surface area contributed by atoms with Crippen molar-refractivity contribution >= 4 is 11.6 Å². The number of aryl methyl sites for hydroxylation is 2. The van der Waals surface area contributed by atoms with Crippen LogP contribution < -0.4 is 10.6 Å². The lowest BCUT2D eigenvalue weighted by molar-refractivity contribution is -0.116. The number of amides is 1. The lowest BCUT2D eigenvalue weighted by atomic mass is 10.0. The fourth-order valence-corrected chi connectivity index (χ4v) is 1.97. The van der Waals surface area contributed by atoms with Gasteiger partial charge in [-0.05, 0) is 37.9 Å². The molecular weight excluding hydrogens is 224 g/mol. The molecule has 0 aliphatic rings. The highest BCUT2D eigenvalue weighted by molar-refractivity contribution is 5.92. The van der Waals surface area contributed by atoms with Crippen LogP contribution in [0.25, 0.3) is 0 Å². The fraction of sp³-hybridized carbons (Fsp3) is 0.533. The number of hydrogen-bond acceptors (Lipinski definition) is 2. The van der Waals surface area contributed by atoms with Crippen LogP contribution in [0.4, 0.5) is 5.69 Å². The van der Waals surface area contributed by atoms with Crippen molar-refractivity contribution in [2.45, 2.75) is 46.1 Å². The second-order valence-corrected chi connectivity index (χ2v) is 4.60. The van der Waals surface area contributed by atoms with Gasteiger partial charge in [0.2, 0.25) is 5.91 Å². The Balaban J connectivity index is 2.85. The molecule has 2 N–H and O–H groups in total. The average Bonchev–Trinajstić information content (AvgIpc) is 2.38. The minimum absolute atomic E-state index is 0.0763. The molecule has 0 saturated carbocycles. The minimum atomic E-state index is 0.0763. The lowest BCUT2D eigenvalue weighted by Crippen LogP contribution is -2.28. The number of carbonyl (C=O) groups excluding carboxylic acids is 1. The van der Waals surface area contributed by atoms with Crippen LogP contribution in [0.3, 0.4) is 0 Å². The molecule has 3 heteroatoms. The van der Waals surface area contributed by atoms with E-state index in [2.05, 4.69) is 42.7 Å². The molecule has 0 aliphatic heterocycles. The van der Waals surface area contributed by atoms with Crippen molar-refractivity contribution in [3.63, 3.8) is 0 Å². The van der Waals surface area contributed by atoms with Crippen molar-refractivity contribution in [3.05, 3.63) is 29.3 Å². The summed E-state index contributed by atoms with van der Waals surface area (Å²) in [7, 11) is 1.87. The van der Waals surface area contributed by atoms with Gasteiger partial charge in [-0.3, -0.25) is 4.79 Å². The summed E-state index contributed by atoms with van der Waals surface area (Å²) in [5.41, 5.74) is 3.43. The van der Waals surface area contributed by atoms with Crippen LogP contribution in [0.15, 0.2) is 18.2 Å². The van der Waals surface area contributed by atoms with Crippen LogP contribution in [0, 0.1) is 0 Å². The van der Waals surface area contributed by atoms with Gasteiger partial charge in [-0.15, -0.1) is 0 Å². The molecule has 3 nitrogen and oxygen atoms in total. The van der Waals surface area contributed by atoms with E-state index in [1.165, 1.54) is 11.1 Å². The molecule has 0 saturated heterocycles. The van der Waals surface area contributed by atoms with Gasteiger partial charge in [0.15, 0.2) is 0 Å². The first kappa shape index (κ1) is 14.7. The van der Waals surface area contributed by atoms with E-state index >= 15 is 0 Å². The molecule has 1 amide bonds. The third-order valence-corrected chi connectivity index (χ3v) is 3.25. The number of anilines is 1. The third kappa shape index (κ3) is 3.84. The number of para-hydroxylation sites is 1. The smallest absolute Gasteiger partial charge is 0.225 e. The normalized spacial score (nSPS) is 12.2. The van der Waals surface area contributed by atoms with Gasteiger partial charge >= 0.3 is 0 Å². The van der Waals surface area contributed by atoms with Gasteiger partial charge in [0.05, 0.1) is 0 Å². The van der Waals surface area contributed by atoms with Crippen LogP contribution in [0.5, 0.6) is 0 Å². The molecule has 100 valence electrons. The van der Waals surface area contributed by atoms with E-state index in [-0.39, 0.29) is 11.9 Å². The summed E-state index contributed by atoms with van der Waals surface area (Å²) < 4.78 is 0. The first-order valence-electron chi connectivity index (χ1n) is 6.70. The SMILES string of the molecule is CCc1cccc(CC)c1NC(=O)CC(C)NC. The van der Waals surface area contributed by atoms with E-state index in [9.17, 15) is 4.79 Å². The Morgan fingerprint density at radius 3 is 2.22 bits per heavy atom. The summed E-state index contributed by atoms with van der Waals surface area (Å²) in [6, 6.07) is 6.42. The molecule has 1 aromatic rings. The molecule has 1 aromatic carbocycles. The number of rotatable bonds is 6. The lowest BCUT2D eigenvalue weighted by Gasteiger charge is -2.16. The first-order chi connectivity index (χ1) is 8.62. The summed E-state index contributed by atoms with van der Waals surface area (Å²) in [4.78, 5) is 12.0. The van der Waals surface area contributed by atoms with Crippen molar-refractivity contribution in [3.8, 4) is 0 Å². The zero-order valence-electron chi connectivity index (χ0n) is 11.8. The minimum Gasteiger partial charge on any atom is -0.326 e. The standard InChI is InChI=1S/C15H24N2O/c1-5-12-8-7-9-13(6-2)15(12)17-14(18)10-11(3)16-4/h7-9,11,16H,5-6,10H2,1-4H3,(H,17,18). The highest BCUT2D eigenvalue weighted by atomic mass is 16.1. The maximum Gasteiger partial charge on any atom is 0.225 e. The van der Waals surface area contributed by atoms with Crippen molar-refractivity contribution < 1.29 is 4.79 Å². The number of nitrogens with one attached hydrogen (secondary N) is 2. The van der Waals surface area contributed by atoms with Gasteiger partial charge < -0.3 is 10.6 Å². The molecule has 0 radical (unpaired) electrons. The predicted molar refractivity (Wildman–Crippen MR) is 77.0 cm³/mol. The summed E-state index contributed by atoms with van der Waals surface area (Å²) in [6.45, 7) is 6.23. The molecule has 1 atom stereocenters. The Morgan fingerprint density at radius 1 is 1.22 bits per heavy atom. The highest BCUT2D eigenvalue weighted by Crippen LogP contribution is 2.22. The molecule has 18 heavy (non-hydrogen) atoms. The maximum atomic E-state index is 12.0. The zero-order chi connectivity index (χ0) is 13.5. The summed E-state index contributed by atoms with van der Waals surface area (Å²) in [5.74, 6) is 0.0763. The maximum absolute atomic E-state index is 12.0. The Labute approximate surface area is 110 Å². The first-order valence-corrected chi connectivity index (χ1v) is 6.70. The molecule has 0 heterocycles. The summed E-state index contributed by atoms with van der Waals surface area (Å²) in [5, 5.41) is 6.15. The van der Waals surface area contributed by atoms with Crippen LogP contribution >= 0.6 is 0 Å². The van der Waals surface area contributed by atoms with Gasteiger partial charge in [-0.1, -0.05) is 32.0 Å². The van der Waals surface area contributed by atoms with Crippen LogP contribution in [-0.2, 0) is 17.6 Å². The molecule has 1 rings (SSSR count). The fourth-order valence-electron chi connectivity index (χ4n) is 1.97. The number of carbonyl (C=O) groups is 1. The van der Waals surface area contributed by atoms with Crippen LogP contribution in [-0.4, -0.2) is 19.0 Å². The van der Waals surface area contributed by atoms with E-state index in [1.54, 1.807) is 0 Å². The van der Waals surface area contributed by atoms with E-state index in [0.29, 0.717) is 6.42 Å². The van der Waals surface area contributed by atoms with Gasteiger partial charge in [0.1, 0.15) is 0 Å². The van der Waals surface area contributed by atoms with Gasteiger partial charge in [-0.2, -0.15) is 0 Å². The second-order valence-electron chi connectivity index (χ2n) is 4.60. The van der Waals surface area contributed by atoms with Crippen molar-refractivity contribution in [1.82, 2.24) is 5.32 Å². The Bertz CT molecular complexity index is 379. The van der Waals surface area contributed by atoms with Crippen molar-refractivity contribution in [1.29, 1.82) is 0 Å². The highest BCUT2D eigenvalue weighted by Gasteiger charge is 2.11. The molecule has 1 unspecified atom stereocenters. The predicted octanol–water partition coefficient (Wildman–Crippen LogP) is 2.75. The third-order valence-electron chi connectivity index (χ3n) is 3.25. The Morgan fingerprint density at radius 2 is 1.78 bits per heavy atom. The van der Waals surface area contributed by atoms with Crippen LogP contribution in [0.1, 0.15) is 38.3 Å². The van der Waals surface area contributed by atoms with E-state index in [1.807, 2.05) is 14.0 Å². The number of benzene rings is 1. The van der Waals surface area contributed by atoms with E-state index in [4.69, 9.17) is 0 Å². The van der Waals surface area contributed by atoms with Gasteiger partial charge in [0, 0.05) is 18.2 Å². The monoisotopic (exact) mass is 248 g/mol. The second kappa shape index (κ2) is 7.17. The van der Waals surface area contributed by atoms with E-state index < -0.39 is 0 Å². The zero-order valence-corrected chi connectivity index (χ0v) is 11.8. The van der Waals surface area contributed by atoms with Crippen molar-refractivity contribution in [2.75, 3.05) is 12.4 Å². The van der Waals surface area contributed by atoms with Gasteiger partial charge in [0.25, 0.3) is 0 Å². The molecule has 0 aromatic heterocycles. The molecule has 0 fully saturated rings. The van der Waals surface area contributed by atoms with Crippen LogP contribution in [0.2, 0.25) is 0 Å². The van der Waals surface area contributed by atoms with Gasteiger partial charge in [-0.25, -0.2) is 0 Å². The van der Waals surface area contributed by atoms with Crippen molar-refractivity contribution in [2.24, 2.45) is 0 Å². The summed E-state index contributed by atoms with van der Waals surface area (Å²) >= 11 is 0. The topological polar surface area (TPSA) is 41.1 Å².